The lowest BCUT2D eigenvalue weighted by Crippen LogP contribution is -2.37. The smallest absolute Gasteiger partial charge is 0.330 e. The minimum atomic E-state index is -0.399. The maximum absolute atomic E-state index is 12.5. The van der Waals surface area contributed by atoms with Gasteiger partial charge in [-0.15, -0.1) is 11.3 Å². The van der Waals surface area contributed by atoms with E-state index in [-0.39, 0.29) is 5.56 Å². The highest BCUT2D eigenvalue weighted by molar-refractivity contribution is 7.13. The van der Waals surface area contributed by atoms with Crippen molar-refractivity contribution >= 4 is 33.2 Å². The highest BCUT2D eigenvalue weighted by Crippen LogP contribution is 2.26. The van der Waals surface area contributed by atoms with Crippen LogP contribution >= 0.6 is 11.3 Å². The molecule has 0 atom stereocenters. The van der Waals surface area contributed by atoms with Gasteiger partial charge in [-0.1, -0.05) is 0 Å². The summed E-state index contributed by atoms with van der Waals surface area (Å²) < 4.78 is 2.44. The number of fused-ring (bicyclic) bond motifs is 1. The summed E-state index contributed by atoms with van der Waals surface area (Å²) in [5, 5.41) is 6.06. The van der Waals surface area contributed by atoms with Crippen molar-refractivity contribution in [2.45, 2.75) is 6.92 Å². The SMILES string of the molecule is Cc1cnc2c(c1Nc1nccs1)c(=O)n(C)c(=O)n2C. The molecule has 3 rings (SSSR count). The summed E-state index contributed by atoms with van der Waals surface area (Å²) >= 11 is 1.43. The van der Waals surface area contributed by atoms with Crippen molar-refractivity contribution in [1.29, 1.82) is 0 Å². The second kappa shape index (κ2) is 4.81. The number of thiazole rings is 1. The molecule has 0 saturated carbocycles. The molecule has 3 aromatic heterocycles. The average molecular weight is 303 g/mol. The molecule has 0 radical (unpaired) electrons. The molecule has 0 aromatic carbocycles. The van der Waals surface area contributed by atoms with Gasteiger partial charge >= 0.3 is 5.69 Å². The topological polar surface area (TPSA) is 81.8 Å². The molecule has 0 amide bonds. The molecule has 21 heavy (non-hydrogen) atoms. The summed E-state index contributed by atoms with van der Waals surface area (Å²) in [6.07, 6.45) is 3.32. The lowest BCUT2D eigenvalue weighted by Gasteiger charge is -2.12. The van der Waals surface area contributed by atoms with Crippen LogP contribution in [0.1, 0.15) is 5.56 Å². The first-order valence-corrected chi connectivity index (χ1v) is 7.10. The summed E-state index contributed by atoms with van der Waals surface area (Å²) in [6.45, 7) is 1.85. The van der Waals surface area contributed by atoms with Gasteiger partial charge in [-0.2, -0.15) is 0 Å². The molecule has 0 fully saturated rings. The standard InChI is InChI=1S/C13H13N5O2S/c1-7-6-15-10-8(9(7)16-12-14-4-5-21-12)11(19)18(3)13(20)17(10)2/h4-6H,1-3H3,(H,14,15,16). The molecule has 0 aliphatic rings. The van der Waals surface area contributed by atoms with E-state index < -0.39 is 5.69 Å². The van der Waals surface area contributed by atoms with Crippen LogP contribution in [0.5, 0.6) is 0 Å². The molecule has 3 aromatic rings. The first kappa shape index (κ1) is 13.5. The Balaban J connectivity index is 2.41. The number of rotatable bonds is 2. The van der Waals surface area contributed by atoms with Crippen LogP contribution in [0.4, 0.5) is 10.8 Å². The molecule has 0 saturated heterocycles. The summed E-state index contributed by atoms with van der Waals surface area (Å²) in [7, 11) is 3.05. The van der Waals surface area contributed by atoms with Gasteiger partial charge in [-0.25, -0.2) is 14.8 Å². The third-order valence-corrected chi connectivity index (χ3v) is 4.01. The molecule has 7 nitrogen and oxygen atoms in total. The fourth-order valence-electron chi connectivity index (χ4n) is 2.18. The zero-order valence-electron chi connectivity index (χ0n) is 11.7. The van der Waals surface area contributed by atoms with Gasteiger partial charge in [0.05, 0.1) is 5.69 Å². The molecule has 0 bridgehead atoms. The molecule has 0 aliphatic heterocycles. The van der Waals surface area contributed by atoms with Crippen molar-refractivity contribution < 1.29 is 0 Å². The Hall–Kier alpha value is -2.48. The van der Waals surface area contributed by atoms with E-state index in [4.69, 9.17) is 0 Å². The molecule has 0 spiro atoms. The maximum atomic E-state index is 12.5. The Morgan fingerprint density at radius 1 is 1.19 bits per heavy atom. The first-order valence-electron chi connectivity index (χ1n) is 6.22. The van der Waals surface area contributed by atoms with Gasteiger partial charge in [-0.05, 0) is 12.5 Å². The number of hydrogen-bond donors (Lipinski definition) is 1. The van der Waals surface area contributed by atoms with Crippen LogP contribution in [0.15, 0.2) is 27.4 Å². The lowest BCUT2D eigenvalue weighted by molar-refractivity contribution is 0.707. The first-order chi connectivity index (χ1) is 10.0. The van der Waals surface area contributed by atoms with Crippen molar-refractivity contribution in [3.63, 3.8) is 0 Å². The molecular weight excluding hydrogens is 290 g/mol. The Morgan fingerprint density at radius 2 is 1.95 bits per heavy atom. The number of anilines is 2. The summed E-state index contributed by atoms with van der Waals surface area (Å²) in [5.41, 5.74) is 1.03. The Bertz CT molecular complexity index is 940. The molecule has 3 heterocycles. The summed E-state index contributed by atoms with van der Waals surface area (Å²) in [4.78, 5) is 32.8. The van der Waals surface area contributed by atoms with Gasteiger partial charge in [0, 0.05) is 31.9 Å². The molecule has 0 unspecified atom stereocenters. The van der Waals surface area contributed by atoms with Gasteiger partial charge in [-0.3, -0.25) is 13.9 Å². The van der Waals surface area contributed by atoms with E-state index in [0.717, 1.165) is 10.1 Å². The Morgan fingerprint density at radius 3 is 2.62 bits per heavy atom. The highest BCUT2D eigenvalue weighted by atomic mass is 32.1. The Labute approximate surface area is 123 Å². The second-order valence-electron chi connectivity index (χ2n) is 4.68. The molecule has 8 heteroatoms. The van der Waals surface area contributed by atoms with Crippen LogP contribution in [0, 0.1) is 6.92 Å². The highest BCUT2D eigenvalue weighted by Gasteiger charge is 2.16. The lowest BCUT2D eigenvalue weighted by atomic mass is 10.2. The second-order valence-corrected chi connectivity index (χ2v) is 5.58. The van der Waals surface area contributed by atoms with Crippen molar-refractivity contribution in [3.05, 3.63) is 44.2 Å². The van der Waals surface area contributed by atoms with Crippen molar-refractivity contribution in [2.75, 3.05) is 5.32 Å². The number of nitrogens with one attached hydrogen (secondary N) is 1. The summed E-state index contributed by atoms with van der Waals surface area (Å²) in [5.74, 6) is 0. The molecule has 108 valence electrons. The van der Waals surface area contributed by atoms with Crippen molar-refractivity contribution in [1.82, 2.24) is 19.1 Å². The average Bonchev–Trinajstić information content (AvgIpc) is 2.98. The molecular formula is C13H13N5O2S. The van der Waals surface area contributed by atoms with E-state index in [9.17, 15) is 9.59 Å². The zero-order valence-corrected chi connectivity index (χ0v) is 12.6. The third kappa shape index (κ3) is 2.04. The van der Waals surface area contributed by atoms with Crippen LogP contribution in [0.2, 0.25) is 0 Å². The quantitative estimate of drug-likeness (QED) is 0.768. The number of aryl methyl sites for hydroxylation is 2. The number of aromatic nitrogens is 4. The largest absolute Gasteiger partial charge is 0.332 e. The van der Waals surface area contributed by atoms with Crippen LogP contribution < -0.4 is 16.6 Å². The van der Waals surface area contributed by atoms with Gasteiger partial charge in [0.2, 0.25) is 0 Å². The zero-order chi connectivity index (χ0) is 15.1. The summed E-state index contributed by atoms with van der Waals surface area (Å²) in [6, 6.07) is 0. The fourth-order valence-corrected chi connectivity index (χ4v) is 2.71. The fraction of sp³-hybridized carbons (Fsp3) is 0.231. The van der Waals surface area contributed by atoms with E-state index in [1.807, 2.05) is 12.3 Å². The van der Waals surface area contributed by atoms with E-state index in [1.54, 1.807) is 19.4 Å². The van der Waals surface area contributed by atoms with Crippen molar-refractivity contribution in [2.24, 2.45) is 14.1 Å². The van der Waals surface area contributed by atoms with E-state index >= 15 is 0 Å². The molecule has 0 aliphatic carbocycles. The van der Waals surface area contributed by atoms with E-state index in [0.29, 0.717) is 21.9 Å². The van der Waals surface area contributed by atoms with Crippen molar-refractivity contribution in [3.8, 4) is 0 Å². The van der Waals surface area contributed by atoms with E-state index in [1.165, 1.54) is 23.0 Å². The van der Waals surface area contributed by atoms with E-state index in [2.05, 4.69) is 15.3 Å². The minimum absolute atomic E-state index is 0.354. The van der Waals surface area contributed by atoms with Gasteiger partial charge in [0.25, 0.3) is 5.56 Å². The van der Waals surface area contributed by atoms with Crippen LogP contribution in [-0.2, 0) is 14.1 Å². The van der Waals surface area contributed by atoms with Gasteiger partial charge in [0.15, 0.2) is 10.8 Å². The number of pyridine rings is 1. The number of hydrogen-bond acceptors (Lipinski definition) is 6. The predicted molar refractivity (Wildman–Crippen MR) is 82.4 cm³/mol. The Kier molecular flexibility index (Phi) is 3.09. The normalized spacial score (nSPS) is 11.0. The maximum Gasteiger partial charge on any atom is 0.332 e. The van der Waals surface area contributed by atoms with Crippen LogP contribution in [-0.4, -0.2) is 19.1 Å². The van der Waals surface area contributed by atoms with Gasteiger partial charge in [0.1, 0.15) is 5.39 Å². The van der Waals surface area contributed by atoms with Crippen LogP contribution in [0.25, 0.3) is 11.0 Å². The monoisotopic (exact) mass is 303 g/mol. The minimum Gasteiger partial charge on any atom is -0.330 e. The molecule has 1 N–H and O–H groups in total. The van der Waals surface area contributed by atoms with Crippen LogP contribution in [0.3, 0.4) is 0 Å². The third-order valence-electron chi connectivity index (χ3n) is 3.32. The van der Waals surface area contributed by atoms with Gasteiger partial charge < -0.3 is 5.32 Å². The number of nitrogens with zero attached hydrogens (tertiary/aromatic N) is 4. The predicted octanol–water partition coefficient (Wildman–Crippen LogP) is 1.14.